The van der Waals surface area contributed by atoms with Crippen molar-refractivity contribution in [1.29, 1.82) is 0 Å². The number of anilines is 1. The van der Waals surface area contributed by atoms with Crippen LogP contribution in [0.5, 0.6) is 0 Å². The number of hydrogen-bond acceptors (Lipinski definition) is 4. The van der Waals surface area contributed by atoms with E-state index < -0.39 is 14.4 Å². The van der Waals surface area contributed by atoms with Crippen molar-refractivity contribution in [2.75, 3.05) is 5.32 Å². The molecule has 2 fully saturated rings. The molecule has 4 aromatic rings. The highest BCUT2D eigenvalue weighted by molar-refractivity contribution is 6.99. The van der Waals surface area contributed by atoms with Gasteiger partial charge in [0, 0.05) is 29.8 Å². The van der Waals surface area contributed by atoms with Gasteiger partial charge < -0.3 is 9.16 Å². The molecule has 6 nitrogen and oxygen atoms in total. The molecule has 2 saturated carbocycles. The molecule has 1 heterocycles. The van der Waals surface area contributed by atoms with Crippen molar-refractivity contribution in [3.05, 3.63) is 108 Å². The van der Waals surface area contributed by atoms with Gasteiger partial charge in [0.1, 0.15) is 6.61 Å². The molecular formula is C36H43N3O3Si. The van der Waals surface area contributed by atoms with Crippen molar-refractivity contribution < 1.29 is 14.0 Å². The maximum atomic E-state index is 12.6. The molecule has 0 bridgehead atoms. The van der Waals surface area contributed by atoms with E-state index in [4.69, 9.17) is 14.3 Å². The minimum absolute atomic E-state index is 0.0339. The van der Waals surface area contributed by atoms with Gasteiger partial charge in [0.2, 0.25) is 0 Å². The Kier molecular flexibility index (Phi) is 8.05. The fourth-order valence-electron chi connectivity index (χ4n) is 7.26. The van der Waals surface area contributed by atoms with Gasteiger partial charge in [-0.1, -0.05) is 112 Å². The van der Waals surface area contributed by atoms with Gasteiger partial charge in [-0.05, 0) is 59.5 Å². The fraction of sp³-hybridized carbons (Fsp3) is 0.389. The molecule has 0 radical (unpaired) electrons. The zero-order valence-corrected chi connectivity index (χ0v) is 26.9. The Bertz CT molecular complexity index is 1480. The molecular weight excluding hydrogens is 551 g/mol. The van der Waals surface area contributed by atoms with Gasteiger partial charge in [0.05, 0.1) is 0 Å². The highest BCUT2D eigenvalue weighted by Gasteiger charge is 2.61. The van der Waals surface area contributed by atoms with E-state index in [1.807, 2.05) is 36.4 Å². The van der Waals surface area contributed by atoms with Crippen LogP contribution in [-0.4, -0.2) is 30.3 Å². The van der Waals surface area contributed by atoms with Crippen LogP contribution in [0.2, 0.25) is 5.04 Å². The lowest BCUT2D eigenvalue weighted by molar-refractivity contribution is 0.155. The van der Waals surface area contributed by atoms with Gasteiger partial charge in [-0.25, -0.2) is 4.79 Å². The maximum absolute atomic E-state index is 12.6. The minimum Gasteiger partial charge on any atom is -0.444 e. The molecule has 7 heteroatoms. The summed E-state index contributed by atoms with van der Waals surface area (Å²) >= 11 is 0. The lowest BCUT2D eigenvalue weighted by atomic mass is 10.1. The highest BCUT2D eigenvalue weighted by atomic mass is 28.4. The van der Waals surface area contributed by atoms with E-state index in [9.17, 15) is 4.79 Å². The summed E-state index contributed by atoms with van der Waals surface area (Å²) in [6.07, 6.45) is 1.83. The van der Waals surface area contributed by atoms with Crippen LogP contribution in [0.1, 0.15) is 70.7 Å². The molecule has 0 saturated heterocycles. The van der Waals surface area contributed by atoms with Crippen LogP contribution in [0.15, 0.2) is 97.1 Å². The first-order valence-corrected chi connectivity index (χ1v) is 17.4. The summed E-state index contributed by atoms with van der Waals surface area (Å²) in [6, 6.07) is 33.8. The van der Waals surface area contributed by atoms with Crippen molar-refractivity contribution in [2.45, 2.75) is 77.2 Å². The number of ether oxygens (including phenoxy) is 1. The number of hydrogen-bond donors (Lipinski definition) is 1. The van der Waals surface area contributed by atoms with Gasteiger partial charge in [-0.3, -0.25) is 10.00 Å². The normalized spacial score (nSPS) is 21.4. The average molecular weight is 594 g/mol. The van der Waals surface area contributed by atoms with Crippen LogP contribution in [0.25, 0.3) is 0 Å². The molecule has 4 atom stereocenters. The summed E-state index contributed by atoms with van der Waals surface area (Å²) in [5, 5.41) is 10.3. The Morgan fingerprint density at radius 2 is 1.44 bits per heavy atom. The van der Waals surface area contributed by atoms with Gasteiger partial charge in [-0.15, -0.1) is 0 Å². The molecule has 3 aromatic carbocycles. The quantitative estimate of drug-likeness (QED) is 0.207. The molecule has 0 spiro atoms. The van der Waals surface area contributed by atoms with E-state index in [1.54, 1.807) is 0 Å². The fourth-order valence-corrected chi connectivity index (χ4v) is 12.0. The van der Waals surface area contributed by atoms with Crippen LogP contribution >= 0.6 is 0 Å². The number of carbonyl (C=O) groups excluding carboxylic acids is 1. The molecule has 1 N–H and O–H groups in total. The first-order chi connectivity index (χ1) is 20.7. The standard InChI is InChI=1S/C36H43N3O3Si/c1-25(2)39-32(23-33(38-39)37-35(40)41-24-26-15-9-6-10-16-26)34-30-21-27(22-31(30)34)42-43(36(3,4)5,28-17-11-7-12-18-28)29-19-13-8-14-20-29/h6-20,23,25,27,30-31,34H,21-22,24H2,1-5H3,(H,37,38,40)/t27?,30-,31+,34?. The highest BCUT2D eigenvalue weighted by Crippen LogP contribution is 2.64. The van der Waals surface area contributed by atoms with Gasteiger partial charge in [-0.2, -0.15) is 5.10 Å². The summed E-state index contributed by atoms with van der Waals surface area (Å²) in [6.45, 7) is 11.5. The van der Waals surface area contributed by atoms with Crippen LogP contribution in [0.3, 0.4) is 0 Å². The lowest BCUT2D eigenvalue weighted by Crippen LogP contribution is -2.67. The third-order valence-corrected chi connectivity index (χ3v) is 14.3. The molecule has 43 heavy (non-hydrogen) atoms. The van der Waals surface area contributed by atoms with Crippen molar-refractivity contribution in [1.82, 2.24) is 9.78 Å². The second-order valence-electron chi connectivity index (χ2n) is 13.4. The van der Waals surface area contributed by atoms with Gasteiger partial charge >= 0.3 is 6.09 Å². The molecule has 2 unspecified atom stereocenters. The minimum atomic E-state index is -2.58. The first-order valence-electron chi connectivity index (χ1n) is 15.5. The van der Waals surface area contributed by atoms with E-state index in [0.29, 0.717) is 23.6 Å². The number of carbonyl (C=O) groups is 1. The van der Waals surface area contributed by atoms with E-state index in [2.05, 4.69) is 105 Å². The Morgan fingerprint density at radius 3 is 1.95 bits per heavy atom. The van der Waals surface area contributed by atoms with Crippen molar-refractivity contribution >= 4 is 30.6 Å². The summed E-state index contributed by atoms with van der Waals surface area (Å²) in [5.74, 6) is 2.11. The predicted molar refractivity (Wildman–Crippen MR) is 174 cm³/mol. The Labute approximate surface area is 256 Å². The number of rotatable bonds is 9. The molecule has 2 aliphatic rings. The van der Waals surface area contributed by atoms with Gasteiger partial charge in [0.15, 0.2) is 5.82 Å². The number of nitrogens with zero attached hydrogens (tertiary/aromatic N) is 2. The number of aromatic nitrogens is 2. The number of amides is 1. The van der Waals surface area contributed by atoms with E-state index in [0.717, 1.165) is 18.4 Å². The largest absolute Gasteiger partial charge is 0.444 e. The SMILES string of the molecule is CC(C)n1nc(NC(=O)OCc2ccccc2)cc1C1[C@H]2CC(O[Si](c3ccccc3)(c3ccccc3)C(C)(C)C)C[C@@H]12. The van der Waals surface area contributed by atoms with E-state index in [-0.39, 0.29) is 23.8 Å². The second kappa shape index (κ2) is 11.8. The second-order valence-corrected chi connectivity index (χ2v) is 17.7. The van der Waals surface area contributed by atoms with Crippen LogP contribution < -0.4 is 15.7 Å². The first kappa shape index (κ1) is 29.4. The zero-order chi connectivity index (χ0) is 30.2. The van der Waals surface area contributed by atoms with E-state index >= 15 is 0 Å². The molecule has 2 aliphatic carbocycles. The summed E-state index contributed by atoms with van der Waals surface area (Å²) in [5.41, 5.74) is 2.15. The van der Waals surface area contributed by atoms with E-state index in [1.165, 1.54) is 16.1 Å². The molecule has 6 rings (SSSR count). The number of nitrogens with one attached hydrogen (secondary N) is 1. The summed E-state index contributed by atoms with van der Waals surface area (Å²) in [7, 11) is -2.58. The molecule has 1 aromatic heterocycles. The van der Waals surface area contributed by atoms with Crippen molar-refractivity contribution in [2.24, 2.45) is 11.8 Å². The smallest absolute Gasteiger partial charge is 0.413 e. The maximum Gasteiger partial charge on any atom is 0.413 e. The Balaban J connectivity index is 1.17. The summed E-state index contributed by atoms with van der Waals surface area (Å²) < 4.78 is 15.0. The Hall–Kier alpha value is -3.68. The zero-order valence-electron chi connectivity index (χ0n) is 25.9. The van der Waals surface area contributed by atoms with Gasteiger partial charge in [0.25, 0.3) is 8.32 Å². The number of benzene rings is 3. The molecule has 0 aliphatic heterocycles. The topological polar surface area (TPSA) is 65.4 Å². The van der Waals surface area contributed by atoms with Crippen LogP contribution in [0.4, 0.5) is 10.6 Å². The average Bonchev–Trinajstić information content (AvgIpc) is 3.29. The molecule has 224 valence electrons. The monoisotopic (exact) mass is 593 g/mol. The lowest BCUT2D eigenvalue weighted by Gasteiger charge is -2.45. The third-order valence-electron chi connectivity index (χ3n) is 9.20. The van der Waals surface area contributed by atoms with Crippen molar-refractivity contribution in [3.63, 3.8) is 0 Å². The van der Waals surface area contributed by atoms with Crippen LogP contribution in [-0.2, 0) is 15.8 Å². The third kappa shape index (κ3) is 5.80. The molecule has 1 amide bonds. The Morgan fingerprint density at radius 1 is 0.907 bits per heavy atom. The number of fused-ring (bicyclic) bond motifs is 1. The van der Waals surface area contributed by atoms with Crippen LogP contribution in [0, 0.1) is 11.8 Å². The summed E-state index contributed by atoms with van der Waals surface area (Å²) in [4.78, 5) is 12.6. The predicted octanol–water partition coefficient (Wildman–Crippen LogP) is 7.28. The van der Waals surface area contributed by atoms with Crippen molar-refractivity contribution in [3.8, 4) is 0 Å².